The number of carbonyl (C=O) groups is 1. The number of alkyl halides is 3. The fourth-order valence-electron chi connectivity index (χ4n) is 2.06. The Bertz CT molecular complexity index is 901. The number of carbonyl (C=O) groups excluding carboxylic acids is 1. The number of hydrogen-bond acceptors (Lipinski definition) is 4. The van der Waals surface area contributed by atoms with E-state index in [0.717, 1.165) is 17.2 Å². The molecule has 2 aromatic rings. The molecule has 1 amide bonds. The Kier molecular flexibility index (Phi) is 5.38. The van der Waals surface area contributed by atoms with E-state index in [1.54, 1.807) is 24.3 Å². The molecule has 5 nitrogen and oxygen atoms in total. The van der Waals surface area contributed by atoms with Crippen LogP contribution in [-0.2, 0) is 16.4 Å². The van der Waals surface area contributed by atoms with E-state index in [2.05, 4.69) is 4.98 Å². The third-order valence-electron chi connectivity index (χ3n) is 3.22. The second-order valence-electron chi connectivity index (χ2n) is 5.10. The Morgan fingerprint density at radius 1 is 1.24 bits per heavy atom. The first-order valence-corrected chi connectivity index (χ1v) is 8.66. The van der Waals surface area contributed by atoms with Crippen molar-refractivity contribution in [3.63, 3.8) is 0 Å². The van der Waals surface area contributed by atoms with Crippen molar-refractivity contribution >= 4 is 27.3 Å². The van der Waals surface area contributed by atoms with Gasteiger partial charge in [0, 0.05) is 24.8 Å². The van der Waals surface area contributed by atoms with E-state index in [1.807, 2.05) is 0 Å². The van der Waals surface area contributed by atoms with Gasteiger partial charge in [0.25, 0.3) is 15.7 Å². The number of sulfone groups is 1. The van der Waals surface area contributed by atoms with Gasteiger partial charge in [-0.15, -0.1) is 0 Å². The van der Waals surface area contributed by atoms with Gasteiger partial charge >= 0.3 is 5.51 Å². The van der Waals surface area contributed by atoms with Crippen molar-refractivity contribution in [1.29, 1.82) is 0 Å². The molecule has 1 aromatic carbocycles. The van der Waals surface area contributed by atoms with Gasteiger partial charge in [0.15, 0.2) is 5.03 Å². The average molecular weight is 393 g/mol. The van der Waals surface area contributed by atoms with Crippen molar-refractivity contribution in [3.05, 3.63) is 58.7 Å². The van der Waals surface area contributed by atoms with Crippen LogP contribution in [0.15, 0.2) is 47.6 Å². The second kappa shape index (κ2) is 7.01. The molecule has 25 heavy (non-hydrogen) atoms. The molecule has 0 unspecified atom stereocenters. The Balaban J connectivity index is 2.37. The van der Waals surface area contributed by atoms with Gasteiger partial charge in [-0.05, 0) is 29.8 Å². The molecule has 134 valence electrons. The highest BCUT2D eigenvalue weighted by Gasteiger charge is 2.49. The molecule has 0 saturated carbocycles. The first kappa shape index (κ1) is 19.2. The van der Waals surface area contributed by atoms with Crippen LogP contribution in [0.5, 0.6) is 0 Å². The molecular formula is C15H12ClF3N2O3S. The van der Waals surface area contributed by atoms with E-state index in [-0.39, 0.29) is 6.54 Å². The lowest BCUT2D eigenvalue weighted by Gasteiger charge is -2.19. The third kappa shape index (κ3) is 4.10. The van der Waals surface area contributed by atoms with Crippen LogP contribution in [0.3, 0.4) is 0 Å². The number of hydrogen-bond donors (Lipinski definition) is 0. The molecular weight excluding hydrogens is 381 g/mol. The van der Waals surface area contributed by atoms with Crippen molar-refractivity contribution < 1.29 is 26.4 Å². The first-order chi connectivity index (χ1) is 11.5. The highest BCUT2D eigenvalue weighted by molar-refractivity contribution is 7.92. The molecule has 0 atom stereocenters. The number of pyridine rings is 1. The molecule has 1 aromatic heterocycles. The molecule has 0 radical (unpaired) electrons. The van der Waals surface area contributed by atoms with Crippen LogP contribution in [0.2, 0.25) is 5.02 Å². The predicted octanol–water partition coefficient (Wildman–Crippen LogP) is 3.30. The third-order valence-corrected chi connectivity index (χ3v) is 4.90. The van der Waals surface area contributed by atoms with Crippen molar-refractivity contribution in [2.45, 2.75) is 17.1 Å². The van der Waals surface area contributed by atoms with Crippen molar-refractivity contribution in [3.8, 4) is 0 Å². The van der Waals surface area contributed by atoms with Crippen LogP contribution in [0.1, 0.15) is 15.9 Å². The molecule has 0 N–H and O–H groups in total. The van der Waals surface area contributed by atoms with E-state index in [0.29, 0.717) is 10.6 Å². The molecule has 0 fully saturated rings. The Labute approximate surface area is 147 Å². The molecule has 1 heterocycles. The van der Waals surface area contributed by atoms with Crippen molar-refractivity contribution in [1.82, 2.24) is 9.88 Å². The summed E-state index contributed by atoms with van der Waals surface area (Å²) in [5.41, 5.74) is -5.57. The minimum atomic E-state index is -5.74. The van der Waals surface area contributed by atoms with E-state index in [1.165, 1.54) is 13.1 Å². The number of aromatic nitrogens is 1. The van der Waals surface area contributed by atoms with E-state index in [9.17, 15) is 26.4 Å². The Hall–Kier alpha value is -2.13. The average Bonchev–Trinajstić information content (AvgIpc) is 2.53. The van der Waals surface area contributed by atoms with Crippen molar-refractivity contribution in [2.24, 2.45) is 0 Å². The SMILES string of the molecule is CN(Cc1cccc(Cl)c1)C(=O)c1cccnc1S(=O)(=O)C(F)(F)F. The standard InChI is InChI=1S/C15H12ClF3N2O3S/c1-21(9-10-4-2-5-11(16)8-10)14(22)12-6-3-7-20-13(12)25(23,24)15(17,18)19/h2-8H,9H2,1H3. The predicted molar refractivity (Wildman–Crippen MR) is 84.7 cm³/mol. The first-order valence-electron chi connectivity index (χ1n) is 6.80. The van der Waals surface area contributed by atoms with Gasteiger partial charge in [0.05, 0.1) is 5.56 Å². The summed E-state index contributed by atoms with van der Waals surface area (Å²) in [7, 11) is -4.41. The second-order valence-corrected chi connectivity index (χ2v) is 7.39. The number of benzene rings is 1. The Morgan fingerprint density at radius 2 is 1.92 bits per heavy atom. The highest BCUT2D eigenvalue weighted by atomic mass is 35.5. The normalized spacial score (nSPS) is 12.0. The maximum atomic E-state index is 12.8. The summed E-state index contributed by atoms with van der Waals surface area (Å²) >= 11 is 5.84. The molecule has 0 saturated heterocycles. The van der Waals surface area contributed by atoms with Crippen LogP contribution < -0.4 is 0 Å². The monoisotopic (exact) mass is 392 g/mol. The van der Waals surface area contributed by atoms with Gasteiger partial charge in [-0.1, -0.05) is 23.7 Å². The number of rotatable bonds is 4. The summed E-state index contributed by atoms with van der Waals surface area (Å²) in [5, 5.41) is -0.884. The summed E-state index contributed by atoms with van der Waals surface area (Å²) < 4.78 is 61.6. The minimum Gasteiger partial charge on any atom is -0.337 e. The zero-order valence-corrected chi connectivity index (χ0v) is 14.4. The van der Waals surface area contributed by atoms with Crippen LogP contribution in [0.4, 0.5) is 13.2 Å². The number of halogens is 4. The molecule has 10 heteroatoms. The lowest BCUT2D eigenvalue weighted by Crippen LogP contribution is -2.31. The smallest absolute Gasteiger partial charge is 0.337 e. The topological polar surface area (TPSA) is 67.3 Å². The largest absolute Gasteiger partial charge is 0.503 e. The maximum absolute atomic E-state index is 12.8. The molecule has 0 spiro atoms. The summed E-state index contributed by atoms with van der Waals surface area (Å²) in [6, 6.07) is 8.72. The van der Waals surface area contributed by atoms with Crippen molar-refractivity contribution in [2.75, 3.05) is 7.05 Å². The summed E-state index contributed by atoms with van der Waals surface area (Å²) in [5.74, 6) is -0.907. The van der Waals surface area contributed by atoms with Gasteiger partial charge in [0.1, 0.15) is 0 Å². The lowest BCUT2D eigenvalue weighted by molar-refractivity contribution is -0.0438. The van der Waals surface area contributed by atoms with Crippen LogP contribution in [0.25, 0.3) is 0 Å². The highest BCUT2D eigenvalue weighted by Crippen LogP contribution is 2.31. The van der Waals surface area contributed by atoms with E-state index >= 15 is 0 Å². The fraction of sp³-hybridized carbons (Fsp3) is 0.200. The van der Waals surface area contributed by atoms with Crippen LogP contribution in [0, 0.1) is 0 Å². The zero-order valence-electron chi connectivity index (χ0n) is 12.8. The summed E-state index contributed by atoms with van der Waals surface area (Å²) in [6.45, 7) is 0.0276. The number of amides is 1. The summed E-state index contributed by atoms with van der Waals surface area (Å²) in [6.07, 6.45) is 0.881. The molecule has 0 aliphatic heterocycles. The quantitative estimate of drug-likeness (QED) is 0.800. The van der Waals surface area contributed by atoms with E-state index in [4.69, 9.17) is 11.6 Å². The van der Waals surface area contributed by atoms with Gasteiger partial charge in [-0.3, -0.25) is 4.79 Å². The molecule has 0 aliphatic rings. The van der Waals surface area contributed by atoms with Gasteiger partial charge in [0.2, 0.25) is 0 Å². The van der Waals surface area contributed by atoms with Gasteiger partial charge < -0.3 is 4.90 Å². The van der Waals surface area contributed by atoms with E-state index < -0.39 is 31.8 Å². The van der Waals surface area contributed by atoms with Crippen LogP contribution in [-0.4, -0.2) is 36.8 Å². The molecule has 0 aliphatic carbocycles. The molecule has 0 bridgehead atoms. The van der Waals surface area contributed by atoms with Gasteiger partial charge in [-0.25, -0.2) is 13.4 Å². The lowest BCUT2D eigenvalue weighted by atomic mass is 10.2. The number of nitrogens with zero attached hydrogens (tertiary/aromatic N) is 2. The zero-order chi connectivity index (χ0) is 18.8. The van der Waals surface area contributed by atoms with Gasteiger partial charge in [-0.2, -0.15) is 13.2 Å². The fourth-order valence-corrected chi connectivity index (χ4v) is 3.14. The maximum Gasteiger partial charge on any atom is 0.503 e. The molecule has 2 rings (SSSR count). The Morgan fingerprint density at radius 3 is 2.52 bits per heavy atom. The minimum absolute atomic E-state index is 0.0276. The summed E-state index contributed by atoms with van der Waals surface area (Å²) in [4.78, 5) is 16.8. The van der Waals surface area contributed by atoms with Crippen LogP contribution >= 0.6 is 11.6 Å².